The van der Waals surface area contributed by atoms with E-state index in [0.29, 0.717) is 11.3 Å². The van der Waals surface area contributed by atoms with Crippen LogP contribution in [0.15, 0.2) is 35.7 Å². The molecule has 0 spiro atoms. The van der Waals surface area contributed by atoms with Gasteiger partial charge < -0.3 is 4.57 Å². The summed E-state index contributed by atoms with van der Waals surface area (Å²) in [5, 5.41) is 8.74. The number of aromatic nitrogens is 3. The second-order valence-corrected chi connectivity index (χ2v) is 8.96. The van der Waals surface area contributed by atoms with Crippen molar-refractivity contribution in [1.29, 1.82) is 0 Å². The van der Waals surface area contributed by atoms with Crippen LogP contribution in [0, 0.1) is 0 Å². The van der Waals surface area contributed by atoms with E-state index in [9.17, 15) is 13.2 Å². The summed E-state index contributed by atoms with van der Waals surface area (Å²) in [5.41, 5.74) is 1.06. The van der Waals surface area contributed by atoms with Gasteiger partial charge in [0.05, 0.1) is 17.7 Å². The van der Waals surface area contributed by atoms with Crippen molar-refractivity contribution in [3.63, 3.8) is 0 Å². The number of hydrogen-bond donors (Lipinski definition) is 0. The molecule has 0 saturated heterocycles. The third-order valence-corrected chi connectivity index (χ3v) is 6.15. The lowest BCUT2D eigenvalue weighted by Crippen LogP contribution is -2.24. The Labute approximate surface area is 158 Å². The standard InChI is InChI=1S/C17H24N4O3S2/c1-4-5-6-11-21-13-18-19-17(21)25-12-16(22)14-7-9-15(10-8-14)20(2)26(3,23)24/h7-10,13H,4-6,11-12H2,1-3H3. The molecule has 0 saturated carbocycles. The van der Waals surface area contributed by atoms with E-state index in [2.05, 4.69) is 17.1 Å². The maximum atomic E-state index is 12.4. The van der Waals surface area contributed by atoms with Gasteiger partial charge in [-0.1, -0.05) is 31.5 Å². The summed E-state index contributed by atoms with van der Waals surface area (Å²) in [6.07, 6.45) is 6.19. The molecular weight excluding hydrogens is 372 g/mol. The van der Waals surface area contributed by atoms with Crippen molar-refractivity contribution in [3.05, 3.63) is 36.2 Å². The zero-order valence-corrected chi connectivity index (χ0v) is 16.9. The zero-order valence-electron chi connectivity index (χ0n) is 15.3. The van der Waals surface area contributed by atoms with Crippen LogP contribution in [0.3, 0.4) is 0 Å². The van der Waals surface area contributed by atoms with Crippen LogP contribution in [-0.2, 0) is 16.6 Å². The number of carbonyl (C=O) groups excluding carboxylic acids is 1. The Balaban J connectivity index is 1.95. The molecule has 1 aromatic heterocycles. The van der Waals surface area contributed by atoms with E-state index in [1.54, 1.807) is 30.6 Å². The van der Waals surface area contributed by atoms with Gasteiger partial charge in [-0.05, 0) is 30.7 Å². The van der Waals surface area contributed by atoms with Gasteiger partial charge in [0.15, 0.2) is 10.9 Å². The normalized spacial score (nSPS) is 11.5. The van der Waals surface area contributed by atoms with Crippen molar-refractivity contribution in [1.82, 2.24) is 14.8 Å². The molecule has 0 radical (unpaired) electrons. The Morgan fingerprint density at radius 2 is 1.92 bits per heavy atom. The maximum absolute atomic E-state index is 12.4. The molecule has 0 N–H and O–H groups in total. The van der Waals surface area contributed by atoms with E-state index in [4.69, 9.17) is 0 Å². The predicted octanol–water partition coefficient (Wildman–Crippen LogP) is 2.84. The molecule has 142 valence electrons. The summed E-state index contributed by atoms with van der Waals surface area (Å²) < 4.78 is 26.2. The molecule has 0 atom stereocenters. The van der Waals surface area contributed by atoms with Gasteiger partial charge in [0.25, 0.3) is 0 Å². The average Bonchev–Trinajstić information content (AvgIpc) is 3.06. The number of nitrogens with zero attached hydrogens (tertiary/aromatic N) is 4. The fourth-order valence-electron chi connectivity index (χ4n) is 2.30. The fraction of sp³-hybridized carbons (Fsp3) is 0.471. The molecule has 0 unspecified atom stereocenters. The Bertz CT molecular complexity index is 832. The first-order valence-corrected chi connectivity index (χ1v) is 11.2. The lowest BCUT2D eigenvalue weighted by Gasteiger charge is -2.16. The van der Waals surface area contributed by atoms with Crippen LogP contribution in [0.4, 0.5) is 5.69 Å². The smallest absolute Gasteiger partial charge is 0.231 e. The van der Waals surface area contributed by atoms with E-state index < -0.39 is 10.0 Å². The number of rotatable bonds is 10. The van der Waals surface area contributed by atoms with Crippen LogP contribution < -0.4 is 4.31 Å². The van der Waals surface area contributed by atoms with Gasteiger partial charge >= 0.3 is 0 Å². The molecule has 0 aliphatic carbocycles. The van der Waals surface area contributed by atoms with Crippen LogP contribution in [0.2, 0.25) is 0 Å². The first-order chi connectivity index (χ1) is 12.3. The summed E-state index contributed by atoms with van der Waals surface area (Å²) in [7, 11) is -1.84. The summed E-state index contributed by atoms with van der Waals surface area (Å²) in [4.78, 5) is 12.4. The van der Waals surface area contributed by atoms with Crippen LogP contribution in [0.1, 0.15) is 36.5 Å². The molecule has 0 aliphatic rings. The molecule has 9 heteroatoms. The van der Waals surface area contributed by atoms with E-state index in [-0.39, 0.29) is 11.5 Å². The highest BCUT2D eigenvalue weighted by Crippen LogP contribution is 2.20. The van der Waals surface area contributed by atoms with Crippen molar-refractivity contribution in [3.8, 4) is 0 Å². The highest BCUT2D eigenvalue weighted by atomic mass is 32.2. The van der Waals surface area contributed by atoms with Crippen molar-refractivity contribution in [2.24, 2.45) is 0 Å². The average molecular weight is 397 g/mol. The van der Waals surface area contributed by atoms with Crippen molar-refractivity contribution in [2.45, 2.75) is 37.9 Å². The summed E-state index contributed by atoms with van der Waals surface area (Å²) in [6.45, 7) is 3.00. The number of Topliss-reactive ketones (excluding diaryl/α,β-unsaturated/α-hetero) is 1. The number of unbranched alkanes of at least 4 members (excludes halogenated alkanes) is 2. The van der Waals surface area contributed by atoms with E-state index in [0.717, 1.165) is 37.2 Å². The third-order valence-electron chi connectivity index (χ3n) is 3.97. The van der Waals surface area contributed by atoms with Gasteiger partial charge in [0, 0.05) is 19.2 Å². The highest BCUT2D eigenvalue weighted by molar-refractivity contribution is 7.99. The monoisotopic (exact) mass is 396 g/mol. The number of benzene rings is 1. The largest absolute Gasteiger partial charge is 0.309 e. The van der Waals surface area contributed by atoms with Gasteiger partial charge in [-0.25, -0.2) is 8.42 Å². The molecule has 7 nitrogen and oxygen atoms in total. The number of carbonyl (C=O) groups is 1. The van der Waals surface area contributed by atoms with Crippen molar-refractivity contribution in [2.75, 3.05) is 23.4 Å². The van der Waals surface area contributed by atoms with Crippen molar-refractivity contribution >= 4 is 33.3 Å². The topological polar surface area (TPSA) is 85.2 Å². The Morgan fingerprint density at radius 1 is 1.23 bits per heavy atom. The summed E-state index contributed by atoms with van der Waals surface area (Å²) in [5.74, 6) is 0.222. The molecular formula is C17H24N4O3S2. The van der Waals surface area contributed by atoms with Crippen LogP contribution in [0.5, 0.6) is 0 Å². The maximum Gasteiger partial charge on any atom is 0.231 e. The lowest BCUT2D eigenvalue weighted by molar-refractivity contribution is 0.102. The Kier molecular flexibility index (Phi) is 7.22. The Hall–Kier alpha value is -1.87. The van der Waals surface area contributed by atoms with Gasteiger partial charge in [-0.2, -0.15) is 0 Å². The van der Waals surface area contributed by atoms with Gasteiger partial charge in [-0.3, -0.25) is 9.10 Å². The minimum Gasteiger partial charge on any atom is -0.309 e. The second-order valence-electron chi connectivity index (χ2n) is 6.00. The van der Waals surface area contributed by atoms with Gasteiger partial charge in [-0.15, -0.1) is 10.2 Å². The SMILES string of the molecule is CCCCCn1cnnc1SCC(=O)c1ccc(N(C)S(C)(=O)=O)cc1. The first-order valence-electron chi connectivity index (χ1n) is 8.40. The Morgan fingerprint density at radius 3 is 2.54 bits per heavy atom. The van der Waals surface area contributed by atoms with E-state index in [1.165, 1.54) is 23.1 Å². The first kappa shape index (κ1) is 20.4. The summed E-state index contributed by atoms with van der Waals surface area (Å²) in [6, 6.07) is 6.55. The number of anilines is 1. The van der Waals surface area contributed by atoms with Gasteiger partial charge in [0.2, 0.25) is 10.0 Å². The quantitative estimate of drug-likeness (QED) is 0.349. The molecule has 0 amide bonds. The molecule has 1 aromatic carbocycles. The number of aryl methyl sites for hydroxylation is 1. The molecule has 1 heterocycles. The van der Waals surface area contributed by atoms with Gasteiger partial charge in [0.1, 0.15) is 6.33 Å². The third kappa shape index (κ3) is 5.57. The lowest BCUT2D eigenvalue weighted by atomic mass is 10.1. The molecule has 2 aromatic rings. The van der Waals surface area contributed by atoms with Crippen LogP contribution in [-0.4, -0.2) is 48.0 Å². The zero-order chi connectivity index (χ0) is 19.2. The fourth-order valence-corrected chi connectivity index (χ4v) is 3.64. The number of thioether (sulfide) groups is 1. The molecule has 26 heavy (non-hydrogen) atoms. The predicted molar refractivity (Wildman–Crippen MR) is 104 cm³/mol. The van der Waals surface area contributed by atoms with E-state index >= 15 is 0 Å². The summed E-state index contributed by atoms with van der Waals surface area (Å²) >= 11 is 1.36. The highest BCUT2D eigenvalue weighted by Gasteiger charge is 2.14. The number of sulfonamides is 1. The molecule has 0 bridgehead atoms. The number of hydrogen-bond acceptors (Lipinski definition) is 6. The van der Waals surface area contributed by atoms with E-state index in [1.807, 2.05) is 4.57 Å². The molecule has 0 aliphatic heterocycles. The van der Waals surface area contributed by atoms with Crippen LogP contribution in [0.25, 0.3) is 0 Å². The van der Waals surface area contributed by atoms with Crippen LogP contribution >= 0.6 is 11.8 Å². The molecule has 0 fully saturated rings. The number of ketones is 1. The second kappa shape index (κ2) is 9.18. The minimum atomic E-state index is -3.32. The molecule has 2 rings (SSSR count). The minimum absolute atomic E-state index is 0.0355. The van der Waals surface area contributed by atoms with Crippen molar-refractivity contribution < 1.29 is 13.2 Å².